The van der Waals surface area contributed by atoms with Gasteiger partial charge in [0.25, 0.3) is 0 Å². The molecule has 1 fully saturated rings. The number of fused-ring (bicyclic) bond motifs is 1. The van der Waals surface area contributed by atoms with Crippen LogP contribution in [0.4, 0.5) is 24.5 Å². The van der Waals surface area contributed by atoms with Gasteiger partial charge in [-0.3, -0.25) is 0 Å². The monoisotopic (exact) mass is 589 g/mol. The van der Waals surface area contributed by atoms with E-state index in [2.05, 4.69) is 32.9 Å². The molecule has 0 aliphatic carbocycles. The third kappa shape index (κ3) is 8.49. The highest BCUT2D eigenvalue weighted by Gasteiger charge is 2.30. The number of benzene rings is 2. The Kier molecular flexibility index (Phi) is 10.7. The third-order valence-corrected chi connectivity index (χ3v) is 7.94. The van der Waals surface area contributed by atoms with Crippen LogP contribution in [0.2, 0.25) is 0 Å². The Morgan fingerprint density at radius 1 is 1.15 bits per heavy atom. The van der Waals surface area contributed by atoms with Crippen molar-refractivity contribution < 1.29 is 23.0 Å². The van der Waals surface area contributed by atoms with Gasteiger partial charge in [0.2, 0.25) is 0 Å². The second-order valence-electron chi connectivity index (χ2n) is 10.1. The molecule has 4 N–H and O–H groups in total. The number of halogens is 3. The second-order valence-corrected chi connectivity index (χ2v) is 11.0. The van der Waals surface area contributed by atoms with Gasteiger partial charge < -0.3 is 30.1 Å². The largest absolute Gasteiger partial charge is 0.495 e. The molecule has 11 heteroatoms. The summed E-state index contributed by atoms with van der Waals surface area (Å²) in [5.74, 6) is 6.60. The van der Waals surface area contributed by atoms with Gasteiger partial charge in [0.05, 0.1) is 42.3 Å². The number of hydrogen-bond acceptors (Lipinski definition) is 7. The quantitative estimate of drug-likeness (QED) is 0.133. The van der Waals surface area contributed by atoms with Gasteiger partial charge in [-0.25, -0.2) is 5.43 Å². The molecule has 1 unspecified atom stereocenters. The molecule has 0 radical (unpaired) electrons. The van der Waals surface area contributed by atoms with Crippen molar-refractivity contribution >= 4 is 34.0 Å². The number of thioether (sulfide) groups is 1. The Labute approximate surface area is 243 Å². The number of nitrogens with zero attached hydrogens (tertiary/aromatic N) is 2. The molecule has 0 spiro atoms. The van der Waals surface area contributed by atoms with E-state index in [-0.39, 0.29) is 18.7 Å². The summed E-state index contributed by atoms with van der Waals surface area (Å²) in [7, 11) is 1.59. The molecule has 4 rings (SSSR count). The first-order valence-electron chi connectivity index (χ1n) is 13.8. The smallest absolute Gasteiger partial charge is 0.406 e. The second kappa shape index (κ2) is 14.2. The molecule has 222 valence electrons. The number of nitrogens with one attached hydrogen (secondary N) is 3. The molecule has 2 aromatic carbocycles. The Bertz CT molecular complexity index is 1360. The Hall–Kier alpha value is -3.04. The number of piperidine rings is 1. The Morgan fingerprint density at radius 3 is 2.61 bits per heavy atom. The minimum absolute atomic E-state index is 0.213. The SMILES string of the molecule is CCC(O)CN1CCC(NNc2cccc3c2cc(C#CCNc2ccc(SC)cc2OC)n3CC(F)(F)F)CC1. The van der Waals surface area contributed by atoms with Crippen molar-refractivity contribution in [3.8, 4) is 17.6 Å². The zero-order valence-corrected chi connectivity index (χ0v) is 24.5. The molecule has 1 saturated heterocycles. The van der Waals surface area contributed by atoms with Gasteiger partial charge in [-0.2, -0.15) is 13.2 Å². The molecule has 1 aliphatic heterocycles. The molecule has 7 nitrogen and oxygen atoms in total. The number of aliphatic hydroxyl groups excluding tert-OH is 1. The fraction of sp³-hybridized carbons (Fsp3) is 0.467. The van der Waals surface area contributed by atoms with Crippen LogP contribution < -0.4 is 20.9 Å². The number of aromatic nitrogens is 1. The van der Waals surface area contributed by atoms with Gasteiger partial charge in [-0.05, 0) is 80.9 Å². The lowest BCUT2D eigenvalue weighted by Crippen LogP contribution is -2.46. The molecule has 41 heavy (non-hydrogen) atoms. The summed E-state index contributed by atoms with van der Waals surface area (Å²) < 4.78 is 47.4. The van der Waals surface area contributed by atoms with Crippen molar-refractivity contribution in [1.29, 1.82) is 0 Å². The minimum Gasteiger partial charge on any atom is -0.495 e. The van der Waals surface area contributed by atoms with Crippen molar-refractivity contribution in [2.45, 2.75) is 55.9 Å². The summed E-state index contributed by atoms with van der Waals surface area (Å²) in [6.07, 6.45) is -0.172. The first-order chi connectivity index (χ1) is 19.7. The van der Waals surface area contributed by atoms with E-state index < -0.39 is 12.7 Å². The Balaban J connectivity index is 1.48. The first kappa shape index (κ1) is 30.9. The van der Waals surface area contributed by atoms with Crippen LogP contribution in [0, 0.1) is 11.8 Å². The summed E-state index contributed by atoms with van der Waals surface area (Å²) in [4.78, 5) is 3.32. The van der Waals surface area contributed by atoms with Gasteiger partial charge >= 0.3 is 6.18 Å². The van der Waals surface area contributed by atoms with Crippen molar-refractivity contribution in [3.05, 3.63) is 48.2 Å². The van der Waals surface area contributed by atoms with Gasteiger partial charge in [0.1, 0.15) is 12.3 Å². The molecule has 0 amide bonds. The fourth-order valence-electron chi connectivity index (χ4n) is 4.93. The van der Waals surface area contributed by atoms with Gasteiger partial charge in [-0.1, -0.05) is 18.9 Å². The van der Waals surface area contributed by atoms with E-state index in [4.69, 9.17) is 4.74 Å². The highest BCUT2D eigenvalue weighted by atomic mass is 32.2. The third-order valence-electron chi connectivity index (χ3n) is 7.21. The molecule has 1 aromatic heterocycles. The van der Waals surface area contributed by atoms with E-state index >= 15 is 0 Å². The molecule has 1 aliphatic rings. The number of ether oxygens (including phenoxy) is 1. The summed E-state index contributed by atoms with van der Waals surface area (Å²) >= 11 is 1.61. The van der Waals surface area contributed by atoms with Crippen LogP contribution in [0.1, 0.15) is 31.9 Å². The fourth-order valence-corrected chi connectivity index (χ4v) is 5.36. The van der Waals surface area contributed by atoms with Crippen molar-refractivity contribution in [2.24, 2.45) is 0 Å². The first-order valence-corrected chi connectivity index (χ1v) is 15.0. The van der Waals surface area contributed by atoms with E-state index in [1.807, 2.05) is 37.4 Å². The number of hydrazine groups is 1. The van der Waals surface area contributed by atoms with Crippen LogP contribution in [-0.4, -0.2) is 72.4 Å². The van der Waals surface area contributed by atoms with Crippen LogP contribution in [-0.2, 0) is 6.54 Å². The summed E-state index contributed by atoms with van der Waals surface area (Å²) in [5.41, 5.74) is 8.82. The van der Waals surface area contributed by atoms with Crippen LogP contribution >= 0.6 is 11.8 Å². The number of rotatable bonds is 11. The lowest BCUT2D eigenvalue weighted by atomic mass is 10.1. The highest BCUT2D eigenvalue weighted by Crippen LogP contribution is 2.31. The maximum Gasteiger partial charge on any atom is 0.406 e. The minimum atomic E-state index is -4.39. The molecule has 1 atom stereocenters. The standard InChI is InChI=1S/C30H38F3N5O2S/c1-4-23(39)19-37-15-12-21(13-16-37)35-36-26-8-5-9-28-25(26)17-22(38(28)20-30(31,32)33)7-6-14-34-27-11-10-24(41-3)18-29(27)40-2/h5,8-11,17-18,21,23,34-36,39H,4,12-16,19-20H2,1-3H3. The average molecular weight is 590 g/mol. The topological polar surface area (TPSA) is 73.7 Å². The molecule has 3 aromatic rings. The average Bonchev–Trinajstić information content (AvgIpc) is 3.31. The van der Waals surface area contributed by atoms with Crippen molar-refractivity contribution in [1.82, 2.24) is 14.9 Å². The summed E-state index contributed by atoms with van der Waals surface area (Å²) in [5, 5.41) is 13.8. The van der Waals surface area contributed by atoms with Gasteiger partial charge in [-0.15, -0.1) is 11.8 Å². The zero-order chi connectivity index (χ0) is 29.4. The zero-order valence-electron chi connectivity index (χ0n) is 23.6. The van der Waals surface area contributed by atoms with Crippen LogP contribution in [0.15, 0.2) is 47.4 Å². The lowest BCUT2D eigenvalue weighted by Gasteiger charge is -2.33. The molecular weight excluding hydrogens is 551 g/mol. The van der Waals surface area contributed by atoms with E-state index in [1.54, 1.807) is 37.1 Å². The van der Waals surface area contributed by atoms with E-state index in [0.717, 1.165) is 42.9 Å². The molecule has 0 saturated carbocycles. The summed E-state index contributed by atoms with van der Waals surface area (Å²) in [6.45, 7) is 3.52. The predicted octanol–water partition coefficient (Wildman–Crippen LogP) is 5.55. The van der Waals surface area contributed by atoms with Crippen LogP contribution in [0.5, 0.6) is 5.75 Å². The number of methoxy groups -OCH3 is 1. The number of alkyl halides is 3. The number of aliphatic hydroxyl groups is 1. The molecule has 0 bridgehead atoms. The van der Waals surface area contributed by atoms with E-state index in [9.17, 15) is 18.3 Å². The van der Waals surface area contributed by atoms with Crippen molar-refractivity contribution in [2.75, 3.05) is 50.3 Å². The number of β-amino-alcohol motifs (C(OH)–C–C–N with tert-alkyl or cyclic N) is 1. The van der Waals surface area contributed by atoms with Gasteiger partial charge in [0, 0.05) is 22.9 Å². The number of likely N-dealkylation sites (tertiary alicyclic amines) is 1. The van der Waals surface area contributed by atoms with Crippen LogP contribution in [0.25, 0.3) is 10.9 Å². The maximum absolute atomic E-state index is 13.6. The Morgan fingerprint density at radius 2 is 1.93 bits per heavy atom. The molecule has 2 heterocycles. The van der Waals surface area contributed by atoms with Crippen LogP contribution in [0.3, 0.4) is 0 Å². The molecular formula is C30H38F3N5O2S. The normalized spacial score (nSPS) is 15.4. The highest BCUT2D eigenvalue weighted by molar-refractivity contribution is 7.98. The van der Waals surface area contributed by atoms with Gasteiger partial charge in [0.15, 0.2) is 0 Å². The predicted molar refractivity (Wildman–Crippen MR) is 161 cm³/mol. The van der Waals surface area contributed by atoms with Crippen molar-refractivity contribution in [3.63, 3.8) is 0 Å². The van der Waals surface area contributed by atoms with E-state index in [1.165, 1.54) is 4.57 Å². The number of anilines is 2. The van der Waals surface area contributed by atoms with E-state index in [0.29, 0.717) is 34.6 Å². The maximum atomic E-state index is 13.6. The lowest BCUT2D eigenvalue weighted by molar-refractivity contribution is -0.140. The number of hydrogen-bond donors (Lipinski definition) is 4. The summed E-state index contributed by atoms with van der Waals surface area (Å²) in [6, 6.07) is 13.0.